The van der Waals surface area contributed by atoms with E-state index in [-0.39, 0.29) is 5.56 Å². The minimum Gasteiger partial charge on any atom is -0.318 e. The summed E-state index contributed by atoms with van der Waals surface area (Å²) in [5.74, 6) is 0. The number of aromatic nitrogens is 2. The second-order valence-electron chi connectivity index (χ2n) is 5.79. The van der Waals surface area contributed by atoms with E-state index in [1.54, 1.807) is 16.7 Å². The highest BCUT2D eigenvalue weighted by molar-refractivity contribution is 5.46. The lowest BCUT2D eigenvalue weighted by Gasteiger charge is -2.23. The number of nitrogens with one attached hydrogen (secondary N) is 1. The van der Waals surface area contributed by atoms with E-state index in [9.17, 15) is 4.79 Å². The van der Waals surface area contributed by atoms with Crippen molar-refractivity contribution in [2.45, 2.75) is 32.4 Å². The maximum absolute atomic E-state index is 12.2. The summed E-state index contributed by atoms with van der Waals surface area (Å²) in [5.41, 5.74) is 2.68. The minimum atomic E-state index is 0.00284. The number of hydrogen-bond acceptors (Lipinski definition) is 4. The summed E-state index contributed by atoms with van der Waals surface area (Å²) in [5, 5.41) is 3.25. The molecule has 1 N–H and O–H groups in total. The van der Waals surface area contributed by atoms with Gasteiger partial charge in [-0.1, -0.05) is 6.07 Å². The molecule has 0 aromatic carbocycles. The van der Waals surface area contributed by atoms with Crippen LogP contribution in [0.3, 0.4) is 0 Å². The normalized spacial score (nSPS) is 19.4. The Hall–Kier alpha value is -1.72. The first-order chi connectivity index (χ1) is 10.2. The molecule has 112 valence electrons. The lowest BCUT2D eigenvalue weighted by molar-refractivity contribution is 0.239. The van der Waals surface area contributed by atoms with E-state index in [4.69, 9.17) is 4.98 Å². The van der Waals surface area contributed by atoms with Crippen LogP contribution in [0.2, 0.25) is 0 Å². The number of pyridine rings is 1. The first-order valence-electron chi connectivity index (χ1n) is 7.55. The molecule has 1 unspecified atom stereocenters. The Balaban J connectivity index is 1.91. The third-order valence-corrected chi connectivity index (χ3v) is 4.24. The highest BCUT2D eigenvalue weighted by Gasteiger charge is 2.24. The summed E-state index contributed by atoms with van der Waals surface area (Å²) in [6, 6.07) is 6.09. The summed E-state index contributed by atoms with van der Waals surface area (Å²) in [6.45, 7) is 4.82. The molecule has 2 aromatic heterocycles. The first kappa shape index (κ1) is 14.2. The number of rotatable bonds is 4. The maximum atomic E-state index is 12.2. The van der Waals surface area contributed by atoms with Crippen molar-refractivity contribution in [3.05, 3.63) is 46.0 Å². The molecular formula is C16H22N4O. The van der Waals surface area contributed by atoms with Crippen LogP contribution in [0.25, 0.3) is 5.65 Å². The van der Waals surface area contributed by atoms with Gasteiger partial charge in [0.15, 0.2) is 0 Å². The molecule has 0 amide bonds. The molecule has 0 radical (unpaired) electrons. The molecule has 0 spiro atoms. The largest absolute Gasteiger partial charge is 0.318 e. The van der Waals surface area contributed by atoms with Crippen LogP contribution in [0.5, 0.6) is 0 Å². The number of likely N-dealkylation sites (tertiary alicyclic amines) is 1. The minimum absolute atomic E-state index is 0.00284. The fraction of sp³-hybridized carbons (Fsp3) is 0.500. The second kappa shape index (κ2) is 5.95. The molecule has 1 saturated heterocycles. The van der Waals surface area contributed by atoms with Gasteiger partial charge in [-0.25, -0.2) is 4.98 Å². The Labute approximate surface area is 124 Å². The molecule has 2 aromatic rings. The van der Waals surface area contributed by atoms with Crippen molar-refractivity contribution in [3.8, 4) is 0 Å². The van der Waals surface area contributed by atoms with E-state index in [0.717, 1.165) is 36.5 Å². The van der Waals surface area contributed by atoms with Crippen molar-refractivity contribution < 1.29 is 0 Å². The third kappa shape index (κ3) is 2.84. The molecule has 0 bridgehead atoms. The molecule has 1 aliphatic heterocycles. The topological polar surface area (TPSA) is 49.6 Å². The van der Waals surface area contributed by atoms with E-state index in [1.807, 2.05) is 26.1 Å². The summed E-state index contributed by atoms with van der Waals surface area (Å²) in [6.07, 6.45) is 4.21. The third-order valence-electron chi connectivity index (χ3n) is 4.24. The van der Waals surface area contributed by atoms with E-state index in [1.165, 1.54) is 12.8 Å². The molecule has 5 heteroatoms. The van der Waals surface area contributed by atoms with Crippen molar-refractivity contribution in [1.29, 1.82) is 0 Å². The van der Waals surface area contributed by atoms with Crippen LogP contribution in [0.4, 0.5) is 0 Å². The van der Waals surface area contributed by atoms with Crippen LogP contribution in [0.15, 0.2) is 29.2 Å². The predicted octanol–water partition coefficient (Wildman–Crippen LogP) is 1.19. The van der Waals surface area contributed by atoms with Crippen molar-refractivity contribution in [3.63, 3.8) is 0 Å². The number of likely N-dealkylation sites (N-methyl/N-ethyl adjacent to an activating group) is 1. The smallest absolute Gasteiger partial charge is 0.258 e. The van der Waals surface area contributed by atoms with Crippen LogP contribution < -0.4 is 10.9 Å². The molecule has 3 rings (SSSR count). The molecule has 0 aliphatic carbocycles. The zero-order valence-electron chi connectivity index (χ0n) is 12.7. The van der Waals surface area contributed by atoms with Crippen molar-refractivity contribution in [2.24, 2.45) is 0 Å². The van der Waals surface area contributed by atoms with Gasteiger partial charge >= 0.3 is 0 Å². The van der Waals surface area contributed by atoms with Gasteiger partial charge in [0.2, 0.25) is 0 Å². The van der Waals surface area contributed by atoms with Gasteiger partial charge in [-0.3, -0.25) is 14.1 Å². The van der Waals surface area contributed by atoms with Crippen LogP contribution >= 0.6 is 0 Å². The monoisotopic (exact) mass is 286 g/mol. The number of nitrogens with zero attached hydrogens (tertiary/aromatic N) is 3. The maximum Gasteiger partial charge on any atom is 0.258 e. The van der Waals surface area contributed by atoms with Gasteiger partial charge < -0.3 is 5.32 Å². The number of aryl methyl sites for hydroxylation is 1. The second-order valence-corrected chi connectivity index (χ2v) is 5.79. The lowest BCUT2D eigenvalue weighted by Crippen LogP contribution is -2.36. The summed E-state index contributed by atoms with van der Waals surface area (Å²) in [7, 11) is 1.99. The van der Waals surface area contributed by atoms with Gasteiger partial charge in [-0.15, -0.1) is 0 Å². The molecular weight excluding hydrogens is 264 g/mol. The Morgan fingerprint density at radius 2 is 2.33 bits per heavy atom. The van der Waals surface area contributed by atoms with E-state index in [0.29, 0.717) is 6.04 Å². The Morgan fingerprint density at radius 3 is 3.14 bits per heavy atom. The average Bonchev–Trinajstić information content (AvgIpc) is 2.88. The fourth-order valence-electron chi connectivity index (χ4n) is 3.17. The predicted molar refractivity (Wildman–Crippen MR) is 83.6 cm³/mol. The van der Waals surface area contributed by atoms with Crippen LogP contribution in [0.1, 0.15) is 24.1 Å². The number of fused-ring (bicyclic) bond motifs is 1. The van der Waals surface area contributed by atoms with E-state index < -0.39 is 0 Å². The van der Waals surface area contributed by atoms with Gasteiger partial charge in [0.25, 0.3) is 5.56 Å². The molecule has 1 aliphatic rings. The van der Waals surface area contributed by atoms with Crippen LogP contribution in [-0.4, -0.2) is 40.5 Å². The van der Waals surface area contributed by atoms with Gasteiger partial charge in [-0.05, 0) is 45.0 Å². The molecule has 5 nitrogen and oxygen atoms in total. The van der Waals surface area contributed by atoms with E-state index >= 15 is 0 Å². The highest BCUT2D eigenvalue weighted by atomic mass is 16.1. The van der Waals surface area contributed by atoms with Crippen molar-refractivity contribution in [2.75, 3.05) is 20.1 Å². The van der Waals surface area contributed by atoms with Gasteiger partial charge in [0.1, 0.15) is 5.65 Å². The first-order valence-corrected chi connectivity index (χ1v) is 7.55. The van der Waals surface area contributed by atoms with Gasteiger partial charge in [0.05, 0.1) is 5.69 Å². The quantitative estimate of drug-likeness (QED) is 0.917. The number of hydrogen-bond donors (Lipinski definition) is 1. The Bertz CT molecular complexity index is 694. The fourth-order valence-corrected chi connectivity index (χ4v) is 3.17. The molecule has 21 heavy (non-hydrogen) atoms. The summed E-state index contributed by atoms with van der Waals surface area (Å²) >= 11 is 0. The molecule has 3 heterocycles. The van der Waals surface area contributed by atoms with Crippen molar-refractivity contribution >= 4 is 5.65 Å². The van der Waals surface area contributed by atoms with Crippen LogP contribution in [-0.2, 0) is 6.54 Å². The summed E-state index contributed by atoms with van der Waals surface area (Å²) < 4.78 is 1.62. The molecule has 1 fully saturated rings. The van der Waals surface area contributed by atoms with E-state index in [2.05, 4.69) is 10.2 Å². The zero-order valence-corrected chi connectivity index (χ0v) is 12.7. The zero-order chi connectivity index (χ0) is 14.8. The average molecular weight is 286 g/mol. The molecule has 0 saturated carbocycles. The Morgan fingerprint density at radius 1 is 1.48 bits per heavy atom. The highest BCUT2D eigenvalue weighted by Crippen LogP contribution is 2.19. The molecule has 1 atom stereocenters. The summed E-state index contributed by atoms with van der Waals surface area (Å²) in [4.78, 5) is 19.3. The standard InChI is InChI=1S/C16H22N4O/c1-12-5-3-8-20-15(21)9-13(18-16(12)20)11-19-7-4-6-14(19)10-17-2/h3,5,8-9,14,17H,4,6-7,10-11H2,1-2H3. The lowest BCUT2D eigenvalue weighted by atomic mass is 10.2. The van der Waals surface area contributed by atoms with Gasteiger partial charge in [-0.2, -0.15) is 0 Å². The Kier molecular flexibility index (Phi) is 4.03. The SMILES string of the molecule is CNCC1CCCN1Cc1cc(=O)n2cccc(C)c2n1. The van der Waals surface area contributed by atoms with Crippen LogP contribution in [0, 0.1) is 6.92 Å². The van der Waals surface area contributed by atoms with Crippen molar-refractivity contribution in [1.82, 2.24) is 19.6 Å². The van der Waals surface area contributed by atoms with Gasteiger partial charge in [0, 0.05) is 31.4 Å².